The Balaban J connectivity index is 0.000000429. The molecule has 87 heavy (non-hydrogen) atoms. The number of hydrogen-bond donors (Lipinski definition) is 3. The Morgan fingerprint density at radius 3 is 1.37 bits per heavy atom. The Kier molecular flexibility index (Phi) is 28.9. The second-order valence-corrected chi connectivity index (χ2v) is 36.0. The van der Waals surface area contributed by atoms with Crippen LogP contribution in [0, 0.1) is 0 Å². The molecule has 0 spiro atoms. The van der Waals surface area contributed by atoms with Crippen LogP contribution in [0.5, 0.6) is 34.5 Å². The van der Waals surface area contributed by atoms with Gasteiger partial charge in [0.2, 0.25) is 0 Å². The van der Waals surface area contributed by atoms with Gasteiger partial charge in [0.25, 0.3) is 14.7 Å². The molecule has 0 aliphatic carbocycles. The first kappa shape index (κ1) is 71.1. The van der Waals surface area contributed by atoms with Crippen LogP contribution in [0.25, 0.3) is 22.3 Å². The van der Waals surface area contributed by atoms with Crippen LogP contribution in [0.2, 0.25) is 0 Å². The number of aliphatic hydroxyl groups is 3. The summed E-state index contributed by atoms with van der Waals surface area (Å²) in [7, 11) is -0.277. The van der Waals surface area contributed by atoms with Crippen molar-refractivity contribution in [3.63, 3.8) is 0 Å². The highest BCUT2D eigenvalue weighted by Gasteiger charge is 2.57. The molecule has 3 N–H and O–H groups in total. The molecule has 9 atom stereocenters. The number of ether oxygens (including phenoxy) is 6. The van der Waals surface area contributed by atoms with Gasteiger partial charge in [0, 0.05) is 28.7 Å². The van der Waals surface area contributed by atoms with Crippen molar-refractivity contribution in [1.82, 2.24) is 0 Å². The van der Waals surface area contributed by atoms with E-state index >= 15 is 9.13 Å². The lowest BCUT2D eigenvalue weighted by atomic mass is 10.0. The number of benzene rings is 8. The molecule has 4 heterocycles. The summed E-state index contributed by atoms with van der Waals surface area (Å²) in [5.41, 5.74) is 6.75. The molecule has 9 unspecified atom stereocenters. The van der Waals surface area contributed by atoms with Crippen molar-refractivity contribution < 1.29 is 61.9 Å². The smallest absolute Gasteiger partial charge is 0.296 e. The molecule has 12 rings (SSSR count). The van der Waals surface area contributed by atoms with Gasteiger partial charge in [-0.2, -0.15) is 9.90 Å². The van der Waals surface area contributed by atoms with E-state index in [4.69, 9.17) is 42.6 Å². The van der Waals surface area contributed by atoms with Crippen LogP contribution in [0.3, 0.4) is 0 Å². The van der Waals surface area contributed by atoms with Crippen molar-refractivity contribution in [3.05, 3.63) is 216 Å². The van der Waals surface area contributed by atoms with Crippen molar-refractivity contribution in [1.29, 1.82) is 0 Å². The maximum atomic E-state index is 16.1. The Hall–Kier alpha value is -5.03. The quantitative estimate of drug-likeness (QED) is 0.0516. The van der Waals surface area contributed by atoms with Crippen LogP contribution < -0.4 is 38.6 Å². The van der Waals surface area contributed by atoms with Crippen molar-refractivity contribution in [2.45, 2.75) is 84.9 Å². The summed E-state index contributed by atoms with van der Waals surface area (Å²) in [6.45, 7) is 14.2. The fourth-order valence-electron chi connectivity index (χ4n) is 9.54. The minimum absolute atomic E-state index is 0. The molecule has 13 nitrogen and oxygen atoms in total. The first-order valence-electron chi connectivity index (χ1n) is 29.0. The van der Waals surface area contributed by atoms with Gasteiger partial charge < -0.3 is 52.8 Å². The number of rotatable bonds is 19. The van der Waals surface area contributed by atoms with E-state index in [1.54, 1.807) is 54.6 Å². The highest BCUT2D eigenvalue weighted by atomic mass is 32.7. The molecule has 8 aromatic rings. The summed E-state index contributed by atoms with van der Waals surface area (Å²) in [5, 5.41) is 30.0. The maximum Gasteiger partial charge on any atom is 0.296 e. The van der Waals surface area contributed by atoms with Gasteiger partial charge in [0.1, 0.15) is 79.2 Å². The van der Waals surface area contributed by atoms with Crippen molar-refractivity contribution in [3.8, 4) is 56.8 Å². The predicted molar refractivity (Wildman–Crippen MR) is 371 cm³/mol. The Morgan fingerprint density at radius 2 is 0.885 bits per heavy atom. The van der Waals surface area contributed by atoms with E-state index < -0.39 is 26.2 Å². The largest absolute Gasteiger partial charge is 0.491 e. The predicted octanol–water partition coefficient (Wildman–Crippen LogP) is 15.6. The SMILES string of the molecule is CC.CC.CC.O=P1(C(c2ccc(OCC(O)COc3c(CO)cccc3Cc3ccccc3OCC3CO3)cc2)P2(=O)Oc3ccccc3-c3ccccc32)Oc2ccccc2-c2ccccc21.OCc1ccccc1OCC1CO1.P.PP(P)P. The fraction of sp³-hybridized carbons (Fsp3) is 0.284. The topological polar surface area (TPSA) is 175 Å². The van der Waals surface area contributed by atoms with E-state index in [2.05, 4.69) is 26.8 Å². The number of epoxide rings is 2. The molecule has 0 aromatic heterocycles. The average Bonchev–Trinajstić information content (AvgIpc) is 1.59. The number of fused-ring (bicyclic) bond motifs is 6. The molecule has 0 radical (unpaired) electrons. The third-order valence-electron chi connectivity index (χ3n) is 13.5. The normalized spacial score (nSPS) is 18.1. The minimum Gasteiger partial charge on any atom is -0.491 e. The second-order valence-electron chi connectivity index (χ2n) is 19.2. The van der Waals surface area contributed by atoms with E-state index in [9.17, 15) is 10.2 Å². The molecule has 4 aliphatic heterocycles. The van der Waals surface area contributed by atoms with E-state index in [1.807, 2.05) is 175 Å². The molecule has 20 heteroatoms. The Morgan fingerprint density at radius 1 is 0.494 bits per heavy atom. The molecule has 2 fully saturated rings. The Bertz CT molecular complexity index is 3390. The van der Waals surface area contributed by atoms with E-state index in [0.29, 0.717) is 71.0 Å². The van der Waals surface area contributed by atoms with Gasteiger partial charge in [0.15, 0.2) is 5.40 Å². The van der Waals surface area contributed by atoms with E-state index in [0.717, 1.165) is 57.1 Å². The molecular formula is C67H83O13P7. The van der Waals surface area contributed by atoms with Gasteiger partial charge in [-0.25, -0.2) is 0 Å². The second kappa shape index (κ2) is 35.4. The third kappa shape index (κ3) is 18.6. The molecule has 0 bridgehead atoms. The summed E-state index contributed by atoms with van der Waals surface area (Å²) >= 11 is 0. The van der Waals surface area contributed by atoms with Gasteiger partial charge in [-0.15, -0.1) is 26.8 Å². The van der Waals surface area contributed by atoms with E-state index in [1.165, 1.54) is 0 Å². The van der Waals surface area contributed by atoms with Gasteiger partial charge in [0.05, 0.1) is 37.0 Å². The molecule has 464 valence electrons. The van der Waals surface area contributed by atoms with Crippen LogP contribution in [-0.4, -0.2) is 73.3 Å². The number of hydrogen-bond acceptors (Lipinski definition) is 13. The maximum absolute atomic E-state index is 16.1. The van der Waals surface area contributed by atoms with Crippen molar-refractivity contribution >= 4 is 69.0 Å². The van der Waals surface area contributed by atoms with Crippen molar-refractivity contribution in [2.24, 2.45) is 0 Å². The summed E-state index contributed by atoms with van der Waals surface area (Å²) in [5.74, 6) is 3.28. The van der Waals surface area contributed by atoms with Crippen LogP contribution in [0.1, 0.15) is 74.8 Å². The van der Waals surface area contributed by atoms with Gasteiger partial charge in [-0.05, 0) is 83.3 Å². The standard InChI is InChI=1S/C51H44O10P2.C10H12O3.3C2H6.H6P4.H3P/c52-29-37-14-11-13-36(28-35-12-1-6-19-45(35)58-33-40-32-57-40)50(37)59-31-38(53)30-56-39-26-24-34(25-27-39)51(62(54)48-22-9-4-17-43(48)41-15-2-7-20-46(41)60-62)63(55)49-23-10-5-18-44(49)42-16-3-8-21-47(42)61-63;11-5-8-3-1-2-4-10(8)13-7-9-6-12-9;3*1-2;1-4(2)3;/h1-27,38,40,51-53H,28-33H2;1-4,9,11H,5-7H2;3*1-2H3;1-3H2;1H3. The van der Waals surface area contributed by atoms with Gasteiger partial charge >= 0.3 is 0 Å². The van der Waals surface area contributed by atoms with Crippen LogP contribution >= 0.6 is 58.4 Å². The van der Waals surface area contributed by atoms with E-state index in [-0.39, 0.29) is 55.5 Å². The number of aliphatic hydroxyl groups excluding tert-OH is 3. The third-order valence-corrected chi connectivity index (χ3v) is 20.3. The molecule has 4 aliphatic rings. The Labute approximate surface area is 525 Å². The zero-order valence-corrected chi connectivity index (χ0v) is 57.8. The molecule has 8 aromatic carbocycles. The summed E-state index contributed by atoms with van der Waals surface area (Å²) in [6, 6.07) is 57.5. The summed E-state index contributed by atoms with van der Waals surface area (Å²) in [4.78, 5) is 0. The lowest BCUT2D eigenvalue weighted by Crippen LogP contribution is -2.28. The number of para-hydroxylation sites is 5. The zero-order valence-electron chi connectivity index (χ0n) is 50.3. The molecule has 0 saturated carbocycles. The minimum atomic E-state index is -4.11. The molecule has 2 saturated heterocycles. The lowest BCUT2D eigenvalue weighted by molar-refractivity contribution is 0.0615. The first-order chi connectivity index (χ1) is 41.9. The average molecular weight is 1310 g/mol. The molecular weight excluding hydrogens is 1230 g/mol. The highest BCUT2D eigenvalue weighted by molar-refractivity contribution is 8.65. The zero-order chi connectivity index (χ0) is 61.6. The van der Waals surface area contributed by atoms with Crippen molar-refractivity contribution in [2.75, 3.05) is 39.6 Å². The van der Waals surface area contributed by atoms with Gasteiger partial charge in [-0.1, -0.05) is 181 Å². The highest BCUT2D eigenvalue weighted by Crippen LogP contribution is 2.79. The fourth-order valence-corrected chi connectivity index (χ4v) is 16.8. The summed E-state index contributed by atoms with van der Waals surface area (Å²) < 4.78 is 79.6. The lowest BCUT2D eigenvalue weighted by Gasteiger charge is -2.39. The monoisotopic (exact) mass is 1310 g/mol. The molecule has 0 amide bonds. The van der Waals surface area contributed by atoms with Gasteiger partial charge in [-0.3, -0.25) is 9.13 Å². The van der Waals surface area contributed by atoms with Crippen LogP contribution in [0.4, 0.5) is 0 Å². The van der Waals surface area contributed by atoms with Crippen LogP contribution in [-0.2, 0) is 38.2 Å². The van der Waals surface area contributed by atoms with Crippen LogP contribution in [0.15, 0.2) is 188 Å². The first-order valence-corrected chi connectivity index (χ1v) is 38.6. The summed E-state index contributed by atoms with van der Waals surface area (Å²) in [6.07, 6.45) is -0.187.